The van der Waals surface area contributed by atoms with Crippen molar-refractivity contribution in [1.82, 2.24) is 0 Å². The zero-order valence-corrected chi connectivity index (χ0v) is 14.7. The van der Waals surface area contributed by atoms with Crippen molar-refractivity contribution >= 4 is 11.6 Å². The van der Waals surface area contributed by atoms with Crippen LogP contribution in [0.15, 0.2) is 78.9 Å². The Bertz CT molecular complexity index is 863. The molecular weight excluding hydrogens is 327 g/mol. The van der Waals surface area contributed by atoms with Crippen LogP contribution in [0.1, 0.15) is 21.5 Å². The van der Waals surface area contributed by atoms with E-state index in [0.717, 1.165) is 29.9 Å². The van der Waals surface area contributed by atoms with E-state index in [0.29, 0.717) is 5.56 Å². The number of rotatable bonds is 6. The molecule has 0 spiro atoms. The number of nitrogens with one attached hydrogen (secondary N) is 2. The van der Waals surface area contributed by atoms with E-state index in [1.165, 1.54) is 11.0 Å². The predicted octanol–water partition coefficient (Wildman–Crippen LogP) is 3.29. The van der Waals surface area contributed by atoms with Crippen molar-refractivity contribution in [3.8, 4) is 0 Å². The van der Waals surface area contributed by atoms with Crippen molar-refractivity contribution in [3.05, 3.63) is 101 Å². The average Bonchev–Trinajstić information content (AvgIpc) is 2.63. The van der Waals surface area contributed by atoms with Crippen LogP contribution in [0.3, 0.4) is 0 Å². The minimum absolute atomic E-state index is 0.122. The first-order valence-electron chi connectivity index (χ1n) is 8.61. The van der Waals surface area contributed by atoms with E-state index in [4.69, 9.17) is 0 Å². The van der Waals surface area contributed by atoms with Gasteiger partial charge in [0.15, 0.2) is 0 Å². The number of quaternary nitrogens is 1. The van der Waals surface area contributed by atoms with Crippen LogP contribution in [-0.4, -0.2) is 13.0 Å². The van der Waals surface area contributed by atoms with Gasteiger partial charge in [-0.2, -0.15) is 0 Å². The number of carbonyl (C=O) groups is 1. The molecule has 0 fully saturated rings. The number of anilines is 1. The van der Waals surface area contributed by atoms with Gasteiger partial charge < -0.3 is 10.2 Å². The van der Waals surface area contributed by atoms with Crippen LogP contribution in [0.2, 0.25) is 0 Å². The first-order valence-corrected chi connectivity index (χ1v) is 8.61. The molecule has 0 aliphatic carbocycles. The molecule has 0 radical (unpaired) electrons. The molecule has 26 heavy (non-hydrogen) atoms. The molecule has 0 saturated carbocycles. The third-order valence-electron chi connectivity index (χ3n) is 4.15. The van der Waals surface area contributed by atoms with Gasteiger partial charge in [0.05, 0.1) is 7.05 Å². The Morgan fingerprint density at radius 2 is 1.58 bits per heavy atom. The fourth-order valence-electron chi connectivity index (χ4n) is 2.91. The van der Waals surface area contributed by atoms with Crippen LogP contribution in [0, 0.1) is 5.82 Å². The van der Waals surface area contributed by atoms with E-state index >= 15 is 0 Å². The monoisotopic (exact) mass is 349 g/mol. The second-order valence-corrected chi connectivity index (χ2v) is 6.46. The van der Waals surface area contributed by atoms with Gasteiger partial charge >= 0.3 is 0 Å². The Kier molecular flexibility index (Phi) is 5.77. The number of hydrogen-bond donors (Lipinski definition) is 2. The molecule has 3 nitrogen and oxygen atoms in total. The van der Waals surface area contributed by atoms with Crippen LogP contribution >= 0.6 is 0 Å². The largest absolute Gasteiger partial charge is 0.330 e. The normalized spacial score (nSPS) is 11.8. The van der Waals surface area contributed by atoms with Crippen molar-refractivity contribution < 1.29 is 14.1 Å². The number of hydrogen-bond acceptors (Lipinski definition) is 1. The summed E-state index contributed by atoms with van der Waals surface area (Å²) in [7, 11) is 2.07. The van der Waals surface area contributed by atoms with Crippen molar-refractivity contribution in [2.45, 2.75) is 13.1 Å². The molecule has 0 aliphatic rings. The topological polar surface area (TPSA) is 33.5 Å². The maximum Gasteiger partial charge on any atom is 0.255 e. The summed E-state index contributed by atoms with van der Waals surface area (Å²) in [6, 6.07) is 23.7. The molecule has 4 heteroatoms. The van der Waals surface area contributed by atoms with Gasteiger partial charge in [0.25, 0.3) is 5.91 Å². The lowest BCUT2D eigenvalue weighted by Crippen LogP contribution is -3.06. The standard InChI is InChI=1S/C22H21FN2O/c1-25(16-18-6-5-7-20(23)14-18)15-17-10-12-19(13-11-17)22(26)24-21-8-3-2-4-9-21/h2-14H,15-16H2,1H3,(H,24,26)/p+1. The highest BCUT2D eigenvalue weighted by Gasteiger charge is 2.09. The molecule has 1 unspecified atom stereocenters. The summed E-state index contributed by atoms with van der Waals surface area (Å²) in [5.41, 5.74) is 3.51. The van der Waals surface area contributed by atoms with Gasteiger partial charge in [-0.1, -0.05) is 42.5 Å². The Balaban J connectivity index is 1.57. The zero-order valence-electron chi connectivity index (χ0n) is 14.7. The SMILES string of the molecule is C[NH+](Cc1ccc(C(=O)Nc2ccccc2)cc1)Cc1cccc(F)c1. The Labute approximate surface area is 153 Å². The van der Waals surface area contributed by atoms with E-state index in [9.17, 15) is 9.18 Å². The first-order chi connectivity index (χ1) is 12.6. The molecule has 0 aromatic heterocycles. The van der Waals surface area contributed by atoms with E-state index in [-0.39, 0.29) is 11.7 Å². The van der Waals surface area contributed by atoms with Crippen molar-refractivity contribution in [2.24, 2.45) is 0 Å². The van der Waals surface area contributed by atoms with Gasteiger partial charge in [-0.15, -0.1) is 0 Å². The van der Waals surface area contributed by atoms with Gasteiger partial charge in [0.2, 0.25) is 0 Å². The number of benzene rings is 3. The Morgan fingerprint density at radius 1 is 0.885 bits per heavy atom. The summed E-state index contributed by atoms with van der Waals surface area (Å²) < 4.78 is 13.3. The maximum atomic E-state index is 13.3. The van der Waals surface area contributed by atoms with Crippen LogP contribution in [0.5, 0.6) is 0 Å². The Morgan fingerprint density at radius 3 is 2.27 bits per heavy atom. The average molecular weight is 349 g/mol. The van der Waals surface area contributed by atoms with Crippen LogP contribution in [0.4, 0.5) is 10.1 Å². The van der Waals surface area contributed by atoms with Gasteiger partial charge in [-0.3, -0.25) is 4.79 Å². The van der Waals surface area contributed by atoms with Gasteiger partial charge in [0.1, 0.15) is 18.9 Å². The Hall–Kier alpha value is -2.98. The van der Waals surface area contributed by atoms with E-state index in [1.54, 1.807) is 12.1 Å². The third kappa shape index (κ3) is 5.01. The number of halogens is 1. The molecule has 132 valence electrons. The molecule has 0 saturated heterocycles. The molecule has 3 aromatic carbocycles. The lowest BCUT2D eigenvalue weighted by molar-refractivity contribution is -0.907. The lowest BCUT2D eigenvalue weighted by Gasteiger charge is -2.14. The summed E-state index contributed by atoms with van der Waals surface area (Å²) in [5.74, 6) is -0.327. The minimum atomic E-state index is -0.205. The lowest BCUT2D eigenvalue weighted by atomic mass is 10.1. The first kappa shape index (κ1) is 17.8. The van der Waals surface area contributed by atoms with E-state index < -0.39 is 0 Å². The molecule has 2 N–H and O–H groups in total. The number of carbonyl (C=O) groups excluding carboxylic acids is 1. The van der Waals surface area contributed by atoms with Gasteiger partial charge in [0, 0.05) is 22.4 Å². The second kappa shape index (κ2) is 8.41. The molecule has 3 rings (SSSR count). The molecule has 1 atom stereocenters. The third-order valence-corrected chi connectivity index (χ3v) is 4.15. The predicted molar refractivity (Wildman–Crippen MR) is 102 cm³/mol. The highest BCUT2D eigenvalue weighted by atomic mass is 19.1. The fraction of sp³-hybridized carbons (Fsp3) is 0.136. The number of amides is 1. The highest BCUT2D eigenvalue weighted by molar-refractivity contribution is 6.04. The molecule has 0 heterocycles. The summed E-state index contributed by atoms with van der Waals surface area (Å²) in [6.45, 7) is 1.55. The molecule has 0 aliphatic heterocycles. The molecule has 1 amide bonds. The van der Waals surface area contributed by atoms with Gasteiger partial charge in [-0.25, -0.2) is 4.39 Å². The van der Waals surface area contributed by atoms with Crippen molar-refractivity contribution in [1.29, 1.82) is 0 Å². The van der Waals surface area contributed by atoms with Crippen LogP contribution in [-0.2, 0) is 13.1 Å². The quantitative estimate of drug-likeness (QED) is 0.703. The molecule has 3 aromatic rings. The summed E-state index contributed by atoms with van der Waals surface area (Å²) in [4.78, 5) is 13.5. The van der Waals surface area contributed by atoms with E-state index in [1.807, 2.05) is 60.7 Å². The molecule has 0 bridgehead atoms. The second-order valence-electron chi connectivity index (χ2n) is 6.46. The summed E-state index contributed by atoms with van der Waals surface area (Å²) in [6.07, 6.45) is 0. The van der Waals surface area contributed by atoms with Gasteiger partial charge in [-0.05, 0) is 36.4 Å². The van der Waals surface area contributed by atoms with Crippen molar-refractivity contribution in [3.63, 3.8) is 0 Å². The minimum Gasteiger partial charge on any atom is -0.330 e. The van der Waals surface area contributed by atoms with Crippen molar-refractivity contribution in [2.75, 3.05) is 12.4 Å². The smallest absolute Gasteiger partial charge is 0.255 e. The highest BCUT2D eigenvalue weighted by Crippen LogP contribution is 2.10. The molecular formula is C22H22FN2O+. The summed E-state index contributed by atoms with van der Waals surface area (Å²) in [5, 5.41) is 2.88. The zero-order chi connectivity index (χ0) is 18.4. The van der Waals surface area contributed by atoms with Crippen LogP contribution < -0.4 is 10.2 Å². The number of para-hydroxylation sites is 1. The van der Waals surface area contributed by atoms with Crippen LogP contribution in [0.25, 0.3) is 0 Å². The van der Waals surface area contributed by atoms with E-state index in [2.05, 4.69) is 12.4 Å². The fourth-order valence-corrected chi connectivity index (χ4v) is 2.91. The maximum absolute atomic E-state index is 13.3. The summed E-state index contributed by atoms with van der Waals surface area (Å²) >= 11 is 0.